The largest absolute Gasteiger partial charge is 0.416 e. The lowest BCUT2D eigenvalue weighted by Gasteiger charge is -2.36. The molecule has 2 aliphatic rings. The van der Waals surface area contributed by atoms with Crippen molar-refractivity contribution in [2.75, 3.05) is 63.8 Å². The van der Waals surface area contributed by atoms with E-state index in [9.17, 15) is 18.0 Å². The van der Waals surface area contributed by atoms with Crippen LogP contribution >= 0.6 is 24.8 Å². The number of piperazine rings is 2. The molecule has 0 saturated carbocycles. The van der Waals surface area contributed by atoms with Crippen LogP contribution in [0.4, 0.5) is 18.9 Å². The molecule has 28 heavy (non-hydrogen) atoms. The third-order valence-corrected chi connectivity index (χ3v) is 5.02. The molecule has 5 nitrogen and oxygen atoms in total. The number of halogens is 5. The van der Waals surface area contributed by atoms with Crippen molar-refractivity contribution in [2.24, 2.45) is 0 Å². The Kier molecular flexibility index (Phi) is 9.83. The van der Waals surface area contributed by atoms with E-state index < -0.39 is 11.7 Å². The minimum absolute atomic E-state index is 0. The number of carbonyl (C=O) groups is 1. The zero-order chi connectivity index (χ0) is 18.6. The summed E-state index contributed by atoms with van der Waals surface area (Å²) < 4.78 is 38.6. The van der Waals surface area contributed by atoms with Gasteiger partial charge < -0.3 is 15.1 Å². The molecule has 1 N–H and O–H groups in total. The molecule has 2 heterocycles. The van der Waals surface area contributed by atoms with Crippen LogP contribution in [0.3, 0.4) is 0 Å². The van der Waals surface area contributed by atoms with Crippen molar-refractivity contribution >= 4 is 36.4 Å². The first kappa shape index (κ1) is 24.8. The molecule has 0 atom stereocenters. The van der Waals surface area contributed by atoms with Crippen molar-refractivity contribution in [3.63, 3.8) is 0 Å². The zero-order valence-corrected chi connectivity index (χ0v) is 17.2. The number of hydrogen-bond donors (Lipinski definition) is 1. The molecule has 3 rings (SSSR count). The summed E-state index contributed by atoms with van der Waals surface area (Å²) in [6.07, 6.45) is -3.81. The number of alkyl halides is 3. The quantitative estimate of drug-likeness (QED) is 0.777. The topological polar surface area (TPSA) is 38.8 Å². The fraction of sp³-hybridized carbons (Fsp3) is 0.611. The molecule has 2 fully saturated rings. The van der Waals surface area contributed by atoms with Crippen LogP contribution in [-0.2, 0) is 11.0 Å². The van der Waals surface area contributed by atoms with Gasteiger partial charge in [-0.25, -0.2) is 0 Å². The summed E-state index contributed by atoms with van der Waals surface area (Å²) in [6.45, 7) is 6.79. The van der Waals surface area contributed by atoms with Crippen molar-refractivity contribution in [3.8, 4) is 0 Å². The maximum Gasteiger partial charge on any atom is 0.416 e. The van der Waals surface area contributed by atoms with Gasteiger partial charge in [0.1, 0.15) is 0 Å². The van der Waals surface area contributed by atoms with Crippen LogP contribution in [0.5, 0.6) is 0 Å². The molecule has 1 aromatic carbocycles. The molecule has 2 saturated heterocycles. The highest BCUT2D eigenvalue weighted by Crippen LogP contribution is 2.31. The first-order valence-corrected chi connectivity index (χ1v) is 9.06. The van der Waals surface area contributed by atoms with Crippen molar-refractivity contribution in [2.45, 2.75) is 12.6 Å². The summed E-state index contributed by atoms with van der Waals surface area (Å²) >= 11 is 0. The van der Waals surface area contributed by atoms with Gasteiger partial charge in [0, 0.05) is 71.0 Å². The van der Waals surface area contributed by atoms with Gasteiger partial charge in [0.05, 0.1) is 5.56 Å². The van der Waals surface area contributed by atoms with Crippen molar-refractivity contribution in [1.82, 2.24) is 15.1 Å². The minimum atomic E-state index is -4.32. The second-order valence-corrected chi connectivity index (χ2v) is 6.76. The van der Waals surface area contributed by atoms with Crippen molar-refractivity contribution in [3.05, 3.63) is 29.8 Å². The Morgan fingerprint density at radius 3 is 2.25 bits per heavy atom. The summed E-state index contributed by atoms with van der Waals surface area (Å²) in [5, 5.41) is 3.23. The van der Waals surface area contributed by atoms with Gasteiger partial charge in [-0.05, 0) is 18.2 Å². The molecule has 160 valence electrons. The fourth-order valence-corrected chi connectivity index (χ4v) is 3.43. The zero-order valence-electron chi connectivity index (χ0n) is 15.6. The molecule has 1 aromatic rings. The number of anilines is 1. The molecule has 10 heteroatoms. The second kappa shape index (κ2) is 11.1. The highest BCUT2D eigenvalue weighted by atomic mass is 35.5. The summed E-state index contributed by atoms with van der Waals surface area (Å²) in [5.41, 5.74) is -0.00424. The Labute approximate surface area is 176 Å². The first-order chi connectivity index (χ1) is 12.4. The second-order valence-electron chi connectivity index (χ2n) is 6.76. The number of nitrogens with one attached hydrogen (secondary N) is 1. The average molecular weight is 443 g/mol. The van der Waals surface area contributed by atoms with E-state index in [1.807, 2.05) is 9.80 Å². The lowest BCUT2D eigenvalue weighted by molar-refractivity contribution is -0.137. The lowest BCUT2D eigenvalue weighted by Crippen LogP contribution is -2.49. The number of carbonyl (C=O) groups excluding carboxylic acids is 1. The fourth-order valence-electron chi connectivity index (χ4n) is 3.43. The number of nitrogens with zero attached hydrogens (tertiary/aromatic N) is 3. The van der Waals surface area contributed by atoms with E-state index in [0.29, 0.717) is 31.7 Å². The Morgan fingerprint density at radius 1 is 1.00 bits per heavy atom. The van der Waals surface area contributed by atoms with Crippen molar-refractivity contribution in [1.29, 1.82) is 0 Å². The molecular weight excluding hydrogens is 416 g/mol. The predicted octanol–water partition coefficient (Wildman–Crippen LogP) is 2.49. The van der Waals surface area contributed by atoms with E-state index in [-0.39, 0.29) is 30.7 Å². The normalized spacial score (nSPS) is 18.2. The Morgan fingerprint density at radius 2 is 1.64 bits per heavy atom. The van der Waals surface area contributed by atoms with E-state index in [2.05, 4.69) is 10.2 Å². The predicted molar refractivity (Wildman–Crippen MR) is 109 cm³/mol. The monoisotopic (exact) mass is 442 g/mol. The van der Waals surface area contributed by atoms with Crippen molar-refractivity contribution < 1.29 is 18.0 Å². The van der Waals surface area contributed by atoms with Crippen LogP contribution in [0.25, 0.3) is 0 Å². The average Bonchev–Trinajstić information content (AvgIpc) is 2.66. The Hall–Kier alpha value is -1.22. The van der Waals surface area contributed by atoms with E-state index in [1.54, 1.807) is 6.07 Å². The number of amides is 1. The van der Waals surface area contributed by atoms with E-state index in [4.69, 9.17) is 0 Å². The molecule has 0 unspecified atom stereocenters. The van der Waals surface area contributed by atoms with Crippen LogP contribution in [0.15, 0.2) is 24.3 Å². The van der Waals surface area contributed by atoms with Gasteiger partial charge in [0.15, 0.2) is 0 Å². The maximum atomic E-state index is 12.9. The molecular formula is C18H27Cl2F3N4O. The van der Waals surface area contributed by atoms with Crippen LogP contribution in [0.2, 0.25) is 0 Å². The minimum Gasteiger partial charge on any atom is -0.369 e. The Balaban J connectivity index is 0.00000196. The van der Waals surface area contributed by atoms with Gasteiger partial charge in [0.2, 0.25) is 5.91 Å². The van der Waals surface area contributed by atoms with Crippen LogP contribution in [0.1, 0.15) is 12.0 Å². The van der Waals surface area contributed by atoms with Gasteiger partial charge in [-0.2, -0.15) is 13.2 Å². The van der Waals surface area contributed by atoms with Gasteiger partial charge in [0.25, 0.3) is 0 Å². The van der Waals surface area contributed by atoms with Gasteiger partial charge in [-0.15, -0.1) is 24.8 Å². The number of rotatable bonds is 4. The summed E-state index contributed by atoms with van der Waals surface area (Å²) in [6, 6.07) is 5.49. The first-order valence-electron chi connectivity index (χ1n) is 9.06. The molecule has 0 aliphatic carbocycles. The highest BCUT2D eigenvalue weighted by molar-refractivity contribution is 5.85. The van der Waals surface area contributed by atoms with E-state index >= 15 is 0 Å². The molecule has 0 spiro atoms. The standard InChI is InChI=1S/C18H25F3N4O.2ClH/c19-18(20,21)15-2-1-3-16(14-15)24-12-10-23(11-13-24)7-4-17(26)25-8-5-22-6-9-25;;/h1-3,14,22H,4-13H2;2*1H. The summed E-state index contributed by atoms with van der Waals surface area (Å²) in [4.78, 5) is 18.3. The third kappa shape index (κ3) is 6.69. The maximum absolute atomic E-state index is 12.9. The van der Waals surface area contributed by atoms with E-state index in [0.717, 1.165) is 45.3 Å². The highest BCUT2D eigenvalue weighted by Gasteiger charge is 2.31. The molecule has 2 aliphatic heterocycles. The summed E-state index contributed by atoms with van der Waals surface area (Å²) in [5.74, 6) is 0.187. The number of hydrogen-bond acceptors (Lipinski definition) is 4. The molecule has 0 bridgehead atoms. The van der Waals surface area contributed by atoms with Crippen LogP contribution < -0.4 is 10.2 Å². The van der Waals surface area contributed by atoms with Gasteiger partial charge in [-0.3, -0.25) is 9.69 Å². The smallest absolute Gasteiger partial charge is 0.369 e. The molecule has 1 amide bonds. The van der Waals surface area contributed by atoms with Gasteiger partial charge in [-0.1, -0.05) is 6.07 Å². The molecule has 0 radical (unpaired) electrons. The third-order valence-electron chi connectivity index (χ3n) is 5.02. The van der Waals surface area contributed by atoms with Gasteiger partial charge >= 0.3 is 6.18 Å². The Bertz CT molecular complexity index is 619. The molecule has 0 aromatic heterocycles. The SMILES string of the molecule is Cl.Cl.O=C(CCN1CCN(c2cccc(C(F)(F)F)c2)CC1)N1CCNCC1. The van der Waals surface area contributed by atoms with Crippen LogP contribution in [-0.4, -0.2) is 74.6 Å². The summed E-state index contributed by atoms with van der Waals surface area (Å²) in [7, 11) is 0. The van der Waals surface area contributed by atoms with E-state index in [1.165, 1.54) is 12.1 Å². The number of benzene rings is 1. The van der Waals surface area contributed by atoms with Crippen LogP contribution in [0, 0.1) is 0 Å². The lowest BCUT2D eigenvalue weighted by atomic mass is 10.1.